The molecule has 2 fully saturated rings. The highest BCUT2D eigenvalue weighted by Crippen LogP contribution is 2.29. The summed E-state index contributed by atoms with van der Waals surface area (Å²) in [5, 5.41) is 0. The second-order valence-corrected chi connectivity index (χ2v) is 7.76. The van der Waals surface area contributed by atoms with Gasteiger partial charge in [0.05, 0.1) is 0 Å². The Morgan fingerprint density at radius 3 is 2.70 bits per heavy atom. The summed E-state index contributed by atoms with van der Waals surface area (Å²) in [4.78, 5) is 19.5. The first-order valence-corrected chi connectivity index (χ1v) is 9.37. The summed E-state index contributed by atoms with van der Waals surface area (Å²) in [6.45, 7) is 8.46. The van der Waals surface area contributed by atoms with E-state index in [1.165, 1.54) is 30.8 Å². The van der Waals surface area contributed by atoms with Crippen LogP contribution < -0.4 is 0 Å². The molecule has 1 unspecified atom stereocenters. The van der Waals surface area contributed by atoms with Gasteiger partial charge in [-0.05, 0) is 52.4 Å². The maximum absolute atomic E-state index is 12.7. The number of likely N-dealkylation sites (tertiary alicyclic amines) is 1. The third kappa shape index (κ3) is 3.61. The Hall–Kier alpha value is -1.32. The number of nitrogens with zero attached hydrogens (tertiary/aromatic N) is 3. The van der Waals surface area contributed by atoms with E-state index in [1.807, 2.05) is 6.20 Å². The van der Waals surface area contributed by atoms with Gasteiger partial charge in [0, 0.05) is 43.4 Å². The molecule has 1 atom stereocenters. The summed E-state index contributed by atoms with van der Waals surface area (Å²) in [6.07, 6.45) is 10.0. The zero-order valence-electron chi connectivity index (χ0n) is 14.9. The molecule has 0 spiro atoms. The van der Waals surface area contributed by atoms with Gasteiger partial charge in [0.2, 0.25) is 5.91 Å². The molecule has 1 aliphatic carbocycles. The van der Waals surface area contributed by atoms with Crippen molar-refractivity contribution in [2.24, 2.45) is 11.8 Å². The lowest BCUT2D eigenvalue weighted by Gasteiger charge is -2.34. The van der Waals surface area contributed by atoms with Gasteiger partial charge in [0.1, 0.15) is 5.82 Å². The fraction of sp³-hybridized carbons (Fsp3) is 0.789. The van der Waals surface area contributed by atoms with Gasteiger partial charge in [-0.1, -0.05) is 12.8 Å². The number of aryl methyl sites for hydroxylation is 1. The van der Waals surface area contributed by atoms with Crippen molar-refractivity contribution in [2.45, 2.75) is 71.8 Å². The molecular weight excluding hydrogens is 286 g/mol. The van der Waals surface area contributed by atoms with Gasteiger partial charge in [-0.15, -0.1) is 0 Å². The van der Waals surface area contributed by atoms with Gasteiger partial charge in [0.25, 0.3) is 0 Å². The van der Waals surface area contributed by atoms with E-state index in [0.29, 0.717) is 23.8 Å². The summed E-state index contributed by atoms with van der Waals surface area (Å²) in [6, 6.07) is 0.451. The molecule has 2 aliphatic rings. The highest BCUT2D eigenvalue weighted by atomic mass is 16.2. The summed E-state index contributed by atoms with van der Waals surface area (Å²) in [5.41, 5.74) is 1.24. The second-order valence-electron chi connectivity index (χ2n) is 7.76. The third-order valence-electron chi connectivity index (χ3n) is 5.58. The van der Waals surface area contributed by atoms with Crippen LogP contribution in [0.15, 0.2) is 6.20 Å². The van der Waals surface area contributed by atoms with Crippen LogP contribution in [0.3, 0.4) is 0 Å². The molecule has 2 heterocycles. The Morgan fingerprint density at radius 1 is 1.26 bits per heavy atom. The quantitative estimate of drug-likeness (QED) is 0.848. The molecule has 3 rings (SSSR count). The van der Waals surface area contributed by atoms with Crippen LogP contribution in [0.5, 0.6) is 0 Å². The van der Waals surface area contributed by atoms with Gasteiger partial charge in [-0.25, -0.2) is 4.98 Å². The molecule has 0 radical (unpaired) electrons. The molecule has 1 saturated heterocycles. The van der Waals surface area contributed by atoms with Gasteiger partial charge in [-0.3, -0.25) is 4.79 Å². The summed E-state index contributed by atoms with van der Waals surface area (Å²) >= 11 is 0. The molecule has 0 aromatic carbocycles. The predicted octanol–water partition coefficient (Wildman–Crippen LogP) is 3.74. The standard InChI is InChI=1S/C19H31N3O/c1-14(2)22-15(3)12-20-18(22)11-16-7-6-10-21(13-16)19(23)17-8-4-5-9-17/h12,14,16-17H,4-11,13H2,1-3H3. The van der Waals surface area contributed by atoms with Crippen LogP contribution in [0.2, 0.25) is 0 Å². The fourth-order valence-corrected chi connectivity index (χ4v) is 4.47. The van der Waals surface area contributed by atoms with Gasteiger partial charge in [-0.2, -0.15) is 0 Å². The number of carbonyl (C=O) groups excluding carboxylic acids is 1. The predicted molar refractivity (Wildman–Crippen MR) is 92.3 cm³/mol. The molecule has 1 aliphatic heterocycles. The fourth-order valence-electron chi connectivity index (χ4n) is 4.47. The average Bonchev–Trinajstić information content (AvgIpc) is 3.17. The number of hydrogen-bond donors (Lipinski definition) is 0. The number of carbonyl (C=O) groups is 1. The van der Waals surface area contributed by atoms with Gasteiger partial charge in [0.15, 0.2) is 0 Å². The van der Waals surface area contributed by atoms with E-state index in [1.54, 1.807) is 0 Å². The van der Waals surface area contributed by atoms with Crippen LogP contribution in [0, 0.1) is 18.8 Å². The molecule has 128 valence electrons. The van der Waals surface area contributed by atoms with E-state index < -0.39 is 0 Å². The average molecular weight is 317 g/mol. The Labute approximate surface area is 140 Å². The van der Waals surface area contributed by atoms with E-state index >= 15 is 0 Å². The number of rotatable bonds is 4. The van der Waals surface area contributed by atoms with Crippen LogP contribution in [0.1, 0.15) is 69.9 Å². The topological polar surface area (TPSA) is 38.1 Å². The number of piperidine rings is 1. The van der Waals surface area contributed by atoms with Crippen molar-refractivity contribution >= 4 is 5.91 Å². The van der Waals surface area contributed by atoms with Crippen LogP contribution in [-0.2, 0) is 11.2 Å². The summed E-state index contributed by atoms with van der Waals surface area (Å²) < 4.78 is 2.34. The maximum atomic E-state index is 12.7. The number of hydrogen-bond acceptors (Lipinski definition) is 2. The SMILES string of the molecule is Cc1cnc(CC2CCCN(C(=O)C3CCCC3)C2)n1C(C)C. The minimum Gasteiger partial charge on any atom is -0.342 e. The second kappa shape index (κ2) is 7.06. The van der Waals surface area contributed by atoms with Crippen molar-refractivity contribution < 1.29 is 4.79 Å². The molecule has 1 aromatic rings. The Bertz CT molecular complexity index is 543. The minimum absolute atomic E-state index is 0.314. The van der Waals surface area contributed by atoms with Crippen molar-refractivity contribution in [3.05, 3.63) is 17.7 Å². The molecule has 0 N–H and O–H groups in total. The molecule has 4 nitrogen and oxygen atoms in total. The zero-order valence-corrected chi connectivity index (χ0v) is 14.9. The van der Waals surface area contributed by atoms with Crippen LogP contribution in [0.25, 0.3) is 0 Å². The van der Waals surface area contributed by atoms with E-state index in [0.717, 1.165) is 38.8 Å². The van der Waals surface area contributed by atoms with E-state index in [4.69, 9.17) is 0 Å². The molecule has 1 saturated carbocycles. The minimum atomic E-state index is 0.314. The Balaban J connectivity index is 1.64. The van der Waals surface area contributed by atoms with E-state index in [-0.39, 0.29) is 0 Å². The molecule has 4 heteroatoms. The van der Waals surface area contributed by atoms with Gasteiger partial charge >= 0.3 is 0 Å². The van der Waals surface area contributed by atoms with Crippen molar-refractivity contribution in [2.75, 3.05) is 13.1 Å². The summed E-state index contributed by atoms with van der Waals surface area (Å²) in [5.74, 6) is 2.50. The highest BCUT2D eigenvalue weighted by Gasteiger charge is 2.31. The lowest BCUT2D eigenvalue weighted by molar-refractivity contribution is -0.137. The van der Waals surface area contributed by atoms with E-state index in [2.05, 4.69) is 35.2 Å². The number of imidazole rings is 1. The summed E-state index contributed by atoms with van der Waals surface area (Å²) in [7, 11) is 0. The van der Waals surface area contributed by atoms with Crippen molar-refractivity contribution in [3.63, 3.8) is 0 Å². The number of aromatic nitrogens is 2. The molecule has 1 amide bonds. The zero-order chi connectivity index (χ0) is 16.4. The monoisotopic (exact) mass is 317 g/mol. The first-order valence-electron chi connectivity index (χ1n) is 9.37. The van der Waals surface area contributed by atoms with Crippen LogP contribution in [-0.4, -0.2) is 33.4 Å². The van der Waals surface area contributed by atoms with Crippen molar-refractivity contribution in [1.29, 1.82) is 0 Å². The third-order valence-corrected chi connectivity index (χ3v) is 5.58. The molecule has 1 aromatic heterocycles. The molecule has 23 heavy (non-hydrogen) atoms. The van der Waals surface area contributed by atoms with Gasteiger partial charge < -0.3 is 9.47 Å². The lowest BCUT2D eigenvalue weighted by Crippen LogP contribution is -2.43. The number of amides is 1. The molecule has 0 bridgehead atoms. The molecular formula is C19H31N3O. The Kier molecular flexibility index (Phi) is 5.08. The Morgan fingerprint density at radius 2 is 2.00 bits per heavy atom. The van der Waals surface area contributed by atoms with Crippen LogP contribution in [0.4, 0.5) is 0 Å². The largest absolute Gasteiger partial charge is 0.342 e. The normalized spacial score (nSPS) is 23.0. The first-order chi connectivity index (χ1) is 11.1. The van der Waals surface area contributed by atoms with Crippen LogP contribution >= 0.6 is 0 Å². The first kappa shape index (κ1) is 16.5. The highest BCUT2D eigenvalue weighted by molar-refractivity contribution is 5.79. The van der Waals surface area contributed by atoms with Crippen molar-refractivity contribution in [3.8, 4) is 0 Å². The lowest BCUT2D eigenvalue weighted by atomic mass is 9.93. The van der Waals surface area contributed by atoms with E-state index in [9.17, 15) is 4.79 Å². The maximum Gasteiger partial charge on any atom is 0.225 e. The van der Waals surface area contributed by atoms with Crippen molar-refractivity contribution in [1.82, 2.24) is 14.5 Å². The smallest absolute Gasteiger partial charge is 0.225 e.